The molecule has 11 heteroatoms. The predicted molar refractivity (Wildman–Crippen MR) is 48.8 cm³/mol. The number of nitrogens with zero attached hydrogens (tertiary/aromatic N) is 2. The van der Waals surface area contributed by atoms with Crippen LogP contribution >= 0.6 is 10.7 Å². The Hall–Kier alpha value is -1.42. The summed E-state index contributed by atoms with van der Waals surface area (Å²) in [6.45, 7) is 0. The first-order valence-electron chi connectivity index (χ1n) is 3.72. The number of nitro groups is 1. The molecule has 0 N–H and O–H groups in total. The van der Waals surface area contributed by atoms with Crippen LogP contribution in [0.25, 0.3) is 0 Å². The van der Waals surface area contributed by atoms with E-state index >= 15 is 0 Å². The maximum Gasteiger partial charge on any atom is 0.328 e. The lowest BCUT2D eigenvalue weighted by molar-refractivity contribution is -0.390. The topological polar surface area (TPSA) is 90.2 Å². The predicted octanol–water partition coefficient (Wildman–Crippen LogP) is 1.99. The minimum absolute atomic E-state index is 0.130. The van der Waals surface area contributed by atoms with Gasteiger partial charge >= 0.3 is 5.69 Å². The maximum atomic E-state index is 13.0. The molecule has 1 heterocycles. The van der Waals surface area contributed by atoms with Crippen LogP contribution in [0.15, 0.2) is 11.1 Å². The number of aromatic nitrogens is 1. The lowest BCUT2D eigenvalue weighted by Crippen LogP contribution is -2.08. The van der Waals surface area contributed by atoms with E-state index in [-0.39, 0.29) is 6.20 Å². The zero-order chi connectivity index (χ0) is 13.4. The molecule has 1 rings (SSSR count). The van der Waals surface area contributed by atoms with Gasteiger partial charge in [0.05, 0.1) is 11.1 Å². The lowest BCUT2D eigenvalue weighted by Gasteiger charge is -2.05. The molecule has 0 saturated heterocycles. The molecule has 94 valence electrons. The van der Waals surface area contributed by atoms with E-state index in [4.69, 9.17) is 10.7 Å². The molecule has 0 unspecified atom stereocenters. The smallest absolute Gasteiger partial charge is 0.258 e. The van der Waals surface area contributed by atoms with Gasteiger partial charge in [0.1, 0.15) is 5.69 Å². The van der Waals surface area contributed by atoms with Gasteiger partial charge in [0.2, 0.25) is 5.82 Å². The van der Waals surface area contributed by atoms with Crippen LogP contribution in [-0.4, -0.2) is 18.3 Å². The van der Waals surface area contributed by atoms with Crippen LogP contribution < -0.4 is 0 Å². The van der Waals surface area contributed by atoms with Crippen molar-refractivity contribution in [2.45, 2.75) is 11.3 Å². The summed E-state index contributed by atoms with van der Waals surface area (Å²) in [7, 11) is -0.172. The van der Waals surface area contributed by atoms with Crippen molar-refractivity contribution in [1.82, 2.24) is 4.98 Å². The third-order valence-electron chi connectivity index (χ3n) is 1.62. The summed E-state index contributed by atoms with van der Waals surface area (Å²) in [5.74, 6) is -1.67. The molecule has 0 amide bonds. The van der Waals surface area contributed by atoms with Crippen molar-refractivity contribution in [1.29, 1.82) is 0 Å². The molecule has 0 aliphatic carbocycles. The minimum Gasteiger partial charge on any atom is -0.258 e. The van der Waals surface area contributed by atoms with Gasteiger partial charge in [-0.2, -0.15) is 4.39 Å². The van der Waals surface area contributed by atoms with Crippen molar-refractivity contribution in [3.05, 3.63) is 27.8 Å². The van der Waals surface area contributed by atoms with Gasteiger partial charge in [0.15, 0.2) is 4.90 Å². The molecule has 1 aromatic rings. The summed E-state index contributed by atoms with van der Waals surface area (Å²) < 4.78 is 59.7. The van der Waals surface area contributed by atoms with Crippen LogP contribution in [0, 0.1) is 15.9 Å². The molecule has 0 fully saturated rings. The number of hydrogen-bond donors (Lipinski definition) is 0. The molecular weight excluding hydrogens is 289 g/mol. The van der Waals surface area contributed by atoms with Crippen molar-refractivity contribution in [3.8, 4) is 0 Å². The van der Waals surface area contributed by atoms with Gasteiger partial charge in [0, 0.05) is 10.7 Å². The van der Waals surface area contributed by atoms with Crippen molar-refractivity contribution in [2.24, 2.45) is 0 Å². The van der Waals surface area contributed by atoms with Gasteiger partial charge in [0.25, 0.3) is 15.5 Å². The molecule has 0 atom stereocenters. The Morgan fingerprint density at radius 1 is 1.47 bits per heavy atom. The highest BCUT2D eigenvalue weighted by atomic mass is 35.7. The van der Waals surface area contributed by atoms with E-state index < -0.39 is 42.5 Å². The minimum atomic E-state index is -4.93. The van der Waals surface area contributed by atoms with Gasteiger partial charge in [-0.15, -0.1) is 0 Å². The lowest BCUT2D eigenvalue weighted by atomic mass is 10.3. The second kappa shape index (κ2) is 4.45. The summed E-state index contributed by atoms with van der Waals surface area (Å²) in [5.41, 5.74) is -3.11. The van der Waals surface area contributed by atoms with E-state index in [9.17, 15) is 31.7 Å². The molecule has 17 heavy (non-hydrogen) atoms. The number of pyridine rings is 1. The van der Waals surface area contributed by atoms with Gasteiger partial charge in [-0.05, 0) is 0 Å². The highest BCUT2D eigenvalue weighted by molar-refractivity contribution is 8.13. The molecule has 0 spiro atoms. The molecule has 0 bridgehead atoms. The van der Waals surface area contributed by atoms with E-state index in [2.05, 4.69) is 4.98 Å². The Bertz CT molecular complexity index is 577. The van der Waals surface area contributed by atoms with Gasteiger partial charge in [-0.3, -0.25) is 15.1 Å². The van der Waals surface area contributed by atoms with E-state index in [0.717, 1.165) is 0 Å². The Morgan fingerprint density at radius 3 is 2.35 bits per heavy atom. The molecule has 0 saturated carbocycles. The van der Waals surface area contributed by atoms with Crippen LogP contribution in [-0.2, 0) is 9.05 Å². The Morgan fingerprint density at radius 2 is 2.00 bits per heavy atom. The number of alkyl halides is 2. The normalized spacial score (nSPS) is 11.8. The van der Waals surface area contributed by atoms with Crippen LogP contribution in [0.5, 0.6) is 0 Å². The fourth-order valence-corrected chi connectivity index (χ4v) is 2.29. The SMILES string of the molecule is O=[N+]([O-])c1c(F)cnc(C(F)F)c1S(=O)(=O)Cl. The van der Waals surface area contributed by atoms with E-state index in [1.165, 1.54) is 0 Å². The van der Waals surface area contributed by atoms with Crippen molar-refractivity contribution < 1.29 is 26.5 Å². The molecule has 1 aromatic heterocycles. The van der Waals surface area contributed by atoms with Crippen molar-refractivity contribution in [3.63, 3.8) is 0 Å². The van der Waals surface area contributed by atoms with E-state index in [1.807, 2.05) is 0 Å². The maximum absolute atomic E-state index is 13.0. The standard InChI is InChI=1S/C6H2ClF3N2O4S/c7-17(15,16)5-3(6(9)10)11-1-2(8)4(5)12(13)14/h1,6H. The molecular formula is C6H2ClF3N2O4S. The number of hydrogen-bond acceptors (Lipinski definition) is 5. The van der Waals surface area contributed by atoms with Crippen LogP contribution in [0.3, 0.4) is 0 Å². The first kappa shape index (κ1) is 13.6. The Labute approximate surface area is 96.6 Å². The average molecular weight is 291 g/mol. The van der Waals surface area contributed by atoms with E-state index in [0.29, 0.717) is 0 Å². The monoisotopic (exact) mass is 290 g/mol. The van der Waals surface area contributed by atoms with Crippen molar-refractivity contribution >= 4 is 25.4 Å². The van der Waals surface area contributed by atoms with Crippen LogP contribution in [0.1, 0.15) is 12.1 Å². The molecule has 0 radical (unpaired) electrons. The third-order valence-corrected chi connectivity index (χ3v) is 2.98. The zero-order valence-corrected chi connectivity index (χ0v) is 9.17. The fourth-order valence-electron chi connectivity index (χ4n) is 1.04. The van der Waals surface area contributed by atoms with Gasteiger partial charge in [-0.25, -0.2) is 17.2 Å². The van der Waals surface area contributed by atoms with Crippen molar-refractivity contribution in [2.75, 3.05) is 0 Å². The highest BCUT2D eigenvalue weighted by Gasteiger charge is 2.36. The second-order valence-electron chi connectivity index (χ2n) is 2.66. The first-order valence-corrected chi connectivity index (χ1v) is 6.02. The largest absolute Gasteiger partial charge is 0.328 e. The number of halogens is 4. The molecule has 0 aliphatic rings. The Balaban J connectivity index is 3.82. The van der Waals surface area contributed by atoms with Crippen LogP contribution in [0.2, 0.25) is 0 Å². The van der Waals surface area contributed by atoms with Gasteiger partial charge < -0.3 is 0 Å². The summed E-state index contributed by atoms with van der Waals surface area (Å²) in [4.78, 5) is 10.1. The zero-order valence-electron chi connectivity index (χ0n) is 7.60. The molecule has 6 nitrogen and oxygen atoms in total. The Kier molecular flexibility index (Phi) is 3.57. The summed E-state index contributed by atoms with van der Waals surface area (Å²) in [5, 5.41) is 10.4. The van der Waals surface area contributed by atoms with Gasteiger partial charge in [-0.1, -0.05) is 0 Å². The number of rotatable bonds is 3. The summed E-state index contributed by atoms with van der Waals surface area (Å²) >= 11 is 0. The fraction of sp³-hybridized carbons (Fsp3) is 0.167. The summed E-state index contributed by atoms with van der Waals surface area (Å²) in [6, 6.07) is 0. The second-order valence-corrected chi connectivity index (χ2v) is 5.17. The third kappa shape index (κ3) is 2.64. The molecule has 0 aliphatic heterocycles. The highest BCUT2D eigenvalue weighted by Crippen LogP contribution is 2.35. The first-order chi connectivity index (χ1) is 7.66. The molecule has 0 aromatic carbocycles. The quantitative estimate of drug-likeness (QED) is 0.482. The van der Waals surface area contributed by atoms with Crippen LogP contribution in [0.4, 0.5) is 18.9 Å². The summed E-state index contributed by atoms with van der Waals surface area (Å²) in [6.07, 6.45) is -3.32. The average Bonchev–Trinajstić information content (AvgIpc) is 2.14. The van der Waals surface area contributed by atoms with E-state index in [1.54, 1.807) is 0 Å².